The van der Waals surface area contributed by atoms with E-state index >= 15 is 0 Å². The van der Waals surface area contributed by atoms with E-state index in [1.165, 1.54) is 42.0 Å². The number of hydrogen-bond acceptors (Lipinski definition) is 3. The number of nitrogens with zero attached hydrogens (tertiary/aromatic N) is 3. The summed E-state index contributed by atoms with van der Waals surface area (Å²) in [5.74, 6) is 0. The molecule has 0 fully saturated rings. The third kappa shape index (κ3) is 1.82. The van der Waals surface area contributed by atoms with Crippen molar-refractivity contribution < 1.29 is 0 Å². The Bertz CT molecular complexity index is 1230. The lowest BCUT2D eigenvalue weighted by atomic mass is 10.2. The molecule has 1 unspecified atom stereocenters. The molecular formula is C21H13N3P2. The fraction of sp³-hybridized carbons (Fsp3) is 0. The van der Waals surface area contributed by atoms with E-state index < -0.39 is 14.4 Å². The van der Waals surface area contributed by atoms with Gasteiger partial charge in [0.25, 0.3) is 0 Å². The van der Waals surface area contributed by atoms with Crippen LogP contribution in [0.2, 0.25) is 0 Å². The van der Waals surface area contributed by atoms with Gasteiger partial charge >= 0.3 is 0 Å². The smallest absolute Gasteiger partial charge is 0.0356 e. The first-order valence-electron chi connectivity index (χ1n) is 8.45. The molecule has 0 amide bonds. The summed E-state index contributed by atoms with van der Waals surface area (Å²) in [5, 5.41) is 11.0. The van der Waals surface area contributed by atoms with E-state index in [9.17, 15) is 0 Å². The highest BCUT2D eigenvalue weighted by molar-refractivity contribution is 8.29. The molecule has 0 saturated carbocycles. The average Bonchev–Trinajstić information content (AvgIpc) is 3.21. The molecular weight excluding hydrogens is 356 g/mol. The van der Waals surface area contributed by atoms with Gasteiger partial charge in [-0.1, -0.05) is 32.6 Å². The molecule has 5 heteroatoms. The van der Waals surface area contributed by atoms with Crippen molar-refractivity contribution in [1.29, 1.82) is 0 Å². The molecule has 0 N–H and O–H groups in total. The van der Waals surface area contributed by atoms with E-state index in [0.717, 1.165) is 0 Å². The average molecular weight is 369 g/mol. The Morgan fingerprint density at radius 3 is 1.42 bits per heavy atom. The van der Waals surface area contributed by atoms with Crippen LogP contribution in [0.15, 0.2) is 79.6 Å². The zero-order valence-electron chi connectivity index (χ0n) is 13.7. The van der Waals surface area contributed by atoms with E-state index in [0.29, 0.717) is 0 Å². The van der Waals surface area contributed by atoms with Gasteiger partial charge in [0, 0.05) is 73.8 Å². The second-order valence-electron chi connectivity index (χ2n) is 6.32. The van der Waals surface area contributed by atoms with Gasteiger partial charge in [0.15, 0.2) is 0 Å². The van der Waals surface area contributed by atoms with Crippen molar-refractivity contribution in [2.45, 2.75) is 0 Å². The zero-order chi connectivity index (χ0) is 17.1. The summed E-state index contributed by atoms with van der Waals surface area (Å²) in [6.45, 7) is 0. The highest BCUT2D eigenvalue weighted by Crippen LogP contribution is 2.71. The topological polar surface area (TPSA) is 38.7 Å². The van der Waals surface area contributed by atoms with E-state index in [2.05, 4.69) is 57.4 Å². The summed E-state index contributed by atoms with van der Waals surface area (Å²) in [5.41, 5.74) is 0. The van der Waals surface area contributed by atoms with Crippen LogP contribution in [0.5, 0.6) is 0 Å². The molecule has 1 atom stereocenters. The molecule has 6 rings (SSSR count). The lowest BCUT2D eigenvalue weighted by molar-refractivity contribution is 1.36. The molecule has 5 heterocycles. The van der Waals surface area contributed by atoms with Crippen molar-refractivity contribution >= 4 is 56.5 Å². The Morgan fingerprint density at radius 2 is 0.885 bits per heavy atom. The standard InChI is InChI=1S/C21H13N3P2/c1-2-4-18-14(3-1)15-11-22-8-5-19(15)25(18)26-20-6-9-23-12-16(20)17-13-24-10-7-21(17)26/h1-13H. The second-order valence-corrected chi connectivity index (χ2v) is 11.9. The largest absolute Gasteiger partial charge is 0.264 e. The van der Waals surface area contributed by atoms with Crippen LogP contribution in [0, 0.1) is 0 Å². The quantitative estimate of drug-likeness (QED) is 0.321. The zero-order valence-corrected chi connectivity index (χ0v) is 15.5. The van der Waals surface area contributed by atoms with E-state index in [1.54, 1.807) is 0 Å². The molecule has 0 bridgehead atoms. The molecule has 0 spiro atoms. The third-order valence-electron chi connectivity index (χ3n) is 4.99. The van der Waals surface area contributed by atoms with Crippen molar-refractivity contribution in [3.05, 3.63) is 79.6 Å². The summed E-state index contributed by atoms with van der Waals surface area (Å²) in [7, 11) is -0.976. The molecule has 1 aromatic carbocycles. The number of pyridine rings is 3. The fourth-order valence-corrected chi connectivity index (χ4v) is 12.5. The Kier molecular flexibility index (Phi) is 2.99. The third-order valence-corrected chi connectivity index (χ3v) is 12.6. The van der Waals surface area contributed by atoms with Gasteiger partial charge in [-0.05, 0) is 29.7 Å². The van der Waals surface area contributed by atoms with Crippen molar-refractivity contribution in [2.24, 2.45) is 0 Å². The lowest BCUT2D eigenvalue weighted by Crippen LogP contribution is -1.70. The number of rotatable bonds is 1. The first-order chi connectivity index (χ1) is 12.9. The van der Waals surface area contributed by atoms with Crippen molar-refractivity contribution in [1.82, 2.24) is 15.0 Å². The predicted molar refractivity (Wildman–Crippen MR) is 113 cm³/mol. The molecule has 3 nitrogen and oxygen atoms in total. The predicted octanol–water partition coefficient (Wildman–Crippen LogP) is 6.77. The van der Waals surface area contributed by atoms with E-state index in [-0.39, 0.29) is 0 Å². The SMILES string of the molecule is c1ccc2c(c1)c1cnccc1p2-p1c2ccncc2c2cnccc21. The summed E-state index contributed by atoms with van der Waals surface area (Å²) >= 11 is 0. The van der Waals surface area contributed by atoms with Gasteiger partial charge in [0.2, 0.25) is 0 Å². The molecule has 6 aromatic rings. The number of fused-ring (bicyclic) bond motifs is 6. The summed E-state index contributed by atoms with van der Waals surface area (Å²) in [6, 6.07) is 15.5. The van der Waals surface area contributed by atoms with E-state index in [1.807, 2.05) is 37.2 Å². The minimum atomic E-state index is -0.494. The second kappa shape index (κ2) is 5.38. The minimum Gasteiger partial charge on any atom is -0.264 e. The molecule has 26 heavy (non-hydrogen) atoms. The first-order valence-corrected chi connectivity index (χ1v) is 11.8. The van der Waals surface area contributed by atoms with Crippen LogP contribution in [0.3, 0.4) is 0 Å². The Labute approximate surface area is 151 Å². The maximum atomic E-state index is 4.40. The highest BCUT2D eigenvalue weighted by atomic mass is 32.0. The fourth-order valence-electron chi connectivity index (χ4n) is 3.91. The maximum absolute atomic E-state index is 4.40. The van der Waals surface area contributed by atoms with Crippen LogP contribution < -0.4 is 0 Å². The number of benzene rings is 1. The highest BCUT2D eigenvalue weighted by Gasteiger charge is 2.19. The van der Waals surface area contributed by atoms with Gasteiger partial charge in [-0.15, -0.1) is 0 Å². The normalized spacial score (nSPS) is 12.5. The van der Waals surface area contributed by atoms with Crippen LogP contribution >= 0.6 is 14.4 Å². The summed E-state index contributed by atoms with van der Waals surface area (Å²) in [4.78, 5) is 13.2. The molecule has 0 aliphatic heterocycles. The van der Waals surface area contributed by atoms with Crippen molar-refractivity contribution in [3.63, 3.8) is 0 Å². The van der Waals surface area contributed by atoms with Gasteiger partial charge in [-0.25, -0.2) is 0 Å². The van der Waals surface area contributed by atoms with Crippen LogP contribution in [0.25, 0.3) is 42.0 Å². The Balaban J connectivity index is 1.93. The van der Waals surface area contributed by atoms with Gasteiger partial charge < -0.3 is 0 Å². The maximum Gasteiger partial charge on any atom is 0.0356 e. The number of aromatic nitrogens is 3. The Hall–Kier alpha value is -2.73. The first kappa shape index (κ1) is 14.4. The van der Waals surface area contributed by atoms with Gasteiger partial charge in [0.1, 0.15) is 0 Å². The van der Waals surface area contributed by atoms with Gasteiger partial charge in [-0.3, -0.25) is 15.0 Å². The molecule has 5 aromatic heterocycles. The van der Waals surface area contributed by atoms with Crippen LogP contribution in [0.1, 0.15) is 0 Å². The molecule has 0 saturated heterocycles. The van der Waals surface area contributed by atoms with Gasteiger partial charge in [0.05, 0.1) is 0 Å². The van der Waals surface area contributed by atoms with E-state index in [4.69, 9.17) is 0 Å². The summed E-state index contributed by atoms with van der Waals surface area (Å²) in [6.07, 6.45) is 11.8. The molecule has 122 valence electrons. The van der Waals surface area contributed by atoms with Gasteiger partial charge in [-0.2, -0.15) is 0 Å². The van der Waals surface area contributed by atoms with Crippen molar-refractivity contribution in [2.75, 3.05) is 0 Å². The molecule has 0 aliphatic carbocycles. The monoisotopic (exact) mass is 369 g/mol. The molecule has 0 aliphatic rings. The van der Waals surface area contributed by atoms with Crippen molar-refractivity contribution in [3.8, 4) is 0 Å². The van der Waals surface area contributed by atoms with Crippen LogP contribution in [-0.2, 0) is 0 Å². The number of hydrogen-bond donors (Lipinski definition) is 0. The lowest BCUT2D eigenvalue weighted by Gasteiger charge is -2.05. The minimum absolute atomic E-state index is 0.482. The van der Waals surface area contributed by atoms with Crippen LogP contribution in [0.4, 0.5) is 0 Å². The molecule has 0 radical (unpaired) electrons. The summed E-state index contributed by atoms with van der Waals surface area (Å²) < 4.78 is 0. The van der Waals surface area contributed by atoms with Crippen LogP contribution in [-0.4, -0.2) is 15.0 Å². The Morgan fingerprint density at radius 1 is 0.462 bits per heavy atom.